The molecule has 158 valence electrons. The highest BCUT2D eigenvalue weighted by Crippen LogP contribution is 2.55. The second-order valence-electron chi connectivity index (χ2n) is 8.53. The standard InChI is InChI=1S/C16H21NO.C8H6O4/c18-14-6-3-4-11-10-13-12-5-1-2-7-16(12,15(11)14)8-9-17-13;9-7(10)5-2-1-3-6(4-5)8(11)12/h3-4,6,12-13,17-18H,1-2,5,7-10H2;1-4H,(H,9,10)(H,11,12)/t12-,13+,16+;/m0./s1. The number of hydrogen-bond acceptors (Lipinski definition) is 4. The van der Waals surface area contributed by atoms with Crippen molar-refractivity contribution < 1.29 is 24.9 Å². The lowest BCUT2D eigenvalue weighted by molar-refractivity contribution is 0.0696. The lowest BCUT2D eigenvalue weighted by Crippen LogP contribution is -2.59. The van der Waals surface area contributed by atoms with Gasteiger partial charge in [0.05, 0.1) is 11.1 Å². The van der Waals surface area contributed by atoms with Gasteiger partial charge >= 0.3 is 11.9 Å². The number of phenols is 1. The number of phenolic OH excluding ortho intramolecular Hbond substituents is 1. The highest BCUT2D eigenvalue weighted by atomic mass is 16.4. The van der Waals surface area contributed by atoms with E-state index in [1.807, 2.05) is 12.1 Å². The Morgan fingerprint density at radius 1 is 0.967 bits per heavy atom. The summed E-state index contributed by atoms with van der Waals surface area (Å²) >= 11 is 0. The number of nitrogens with one attached hydrogen (secondary N) is 1. The van der Waals surface area contributed by atoms with Crippen LogP contribution in [0.15, 0.2) is 42.5 Å². The Morgan fingerprint density at radius 2 is 1.67 bits per heavy atom. The number of carbonyl (C=O) groups is 2. The minimum absolute atomic E-state index is 0.0186. The molecule has 2 fully saturated rings. The molecular weight excluding hydrogens is 382 g/mol. The van der Waals surface area contributed by atoms with E-state index in [-0.39, 0.29) is 16.5 Å². The number of rotatable bonds is 2. The Bertz CT molecular complexity index is 939. The van der Waals surface area contributed by atoms with Crippen LogP contribution in [0.1, 0.15) is 63.9 Å². The van der Waals surface area contributed by atoms with Crippen LogP contribution in [0.2, 0.25) is 0 Å². The minimum atomic E-state index is -1.13. The summed E-state index contributed by atoms with van der Waals surface area (Å²) in [5.74, 6) is -0.947. The van der Waals surface area contributed by atoms with Gasteiger partial charge in [0.1, 0.15) is 5.75 Å². The van der Waals surface area contributed by atoms with Crippen LogP contribution in [0.5, 0.6) is 5.75 Å². The number of piperidine rings is 1. The van der Waals surface area contributed by atoms with Gasteiger partial charge < -0.3 is 20.6 Å². The molecular formula is C24H27NO5. The van der Waals surface area contributed by atoms with Crippen LogP contribution in [0, 0.1) is 5.92 Å². The molecule has 6 nitrogen and oxygen atoms in total. The molecule has 2 bridgehead atoms. The molecule has 5 rings (SSSR count). The van der Waals surface area contributed by atoms with E-state index in [0.717, 1.165) is 24.9 Å². The zero-order valence-corrected chi connectivity index (χ0v) is 16.8. The van der Waals surface area contributed by atoms with E-state index in [1.165, 1.54) is 61.4 Å². The first kappa shape index (κ1) is 20.4. The third kappa shape index (κ3) is 3.56. The first-order valence-electron chi connectivity index (χ1n) is 10.5. The lowest BCUT2D eigenvalue weighted by Gasteiger charge is -2.55. The van der Waals surface area contributed by atoms with Crippen molar-refractivity contribution in [1.29, 1.82) is 0 Å². The quantitative estimate of drug-likeness (QED) is 0.601. The van der Waals surface area contributed by atoms with Crippen molar-refractivity contribution in [2.45, 2.75) is 50.0 Å². The van der Waals surface area contributed by atoms with Crippen molar-refractivity contribution in [3.05, 3.63) is 64.7 Å². The normalized spacial score (nSPS) is 26.4. The molecule has 1 aliphatic heterocycles. The Morgan fingerprint density at radius 3 is 2.37 bits per heavy atom. The van der Waals surface area contributed by atoms with E-state index < -0.39 is 11.9 Å². The molecule has 3 atom stereocenters. The maximum Gasteiger partial charge on any atom is 0.335 e. The topological polar surface area (TPSA) is 107 Å². The van der Waals surface area contributed by atoms with Gasteiger partial charge in [0.25, 0.3) is 0 Å². The average molecular weight is 409 g/mol. The van der Waals surface area contributed by atoms with Crippen LogP contribution in [0.4, 0.5) is 0 Å². The summed E-state index contributed by atoms with van der Waals surface area (Å²) in [6, 6.07) is 12.0. The molecule has 1 saturated carbocycles. The maximum atomic E-state index is 10.4. The largest absolute Gasteiger partial charge is 0.508 e. The van der Waals surface area contributed by atoms with Gasteiger partial charge in [-0.2, -0.15) is 0 Å². The molecule has 3 aliphatic rings. The SMILES string of the molecule is O=C(O)c1cccc(C(=O)O)c1.Oc1cccc2c1[C@@]13CCCC[C@H]1[C@@H](C2)NCC3. The zero-order chi connectivity index (χ0) is 21.3. The third-order valence-electron chi connectivity index (χ3n) is 6.98. The Balaban J connectivity index is 0.000000159. The van der Waals surface area contributed by atoms with Crippen molar-refractivity contribution in [2.24, 2.45) is 5.92 Å². The summed E-state index contributed by atoms with van der Waals surface area (Å²) in [6.45, 7) is 1.12. The lowest BCUT2D eigenvalue weighted by atomic mass is 9.52. The molecule has 0 radical (unpaired) electrons. The van der Waals surface area contributed by atoms with E-state index in [1.54, 1.807) is 0 Å². The molecule has 2 aromatic rings. The van der Waals surface area contributed by atoms with Crippen LogP contribution >= 0.6 is 0 Å². The number of fused-ring (bicyclic) bond motifs is 1. The molecule has 1 heterocycles. The van der Waals surface area contributed by atoms with Gasteiger partial charge in [-0.15, -0.1) is 0 Å². The smallest absolute Gasteiger partial charge is 0.335 e. The third-order valence-corrected chi connectivity index (χ3v) is 6.98. The van der Waals surface area contributed by atoms with Gasteiger partial charge in [0.2, 0.25) is 0 Å². The molecule has 2 aliphatic carbocycles. The van der Waals surface area contributed by atoms with E-state index in [0.29, 0.717) is 11.8 Å². The first-order chi connectivity index (χ1) is 14.4. The fourth-order valence-electron chi connectivity index (χ4n) is 5.79. The van der Waals surface area contributed by atoms with Crippen LogP contribution in [-0.4, -0.2) is 39.8 Å². The first-order valence-corrected chi connectivity index (χ1v) is 10.5. The summed E-state index contributed by atoms with van der Waals surface area (Å²) in [6.07, 6.45) is 7.63. The van der Waals surface area contributed by atoms with Crippen molar-refractivity contribution in [3.63, 3.8) is 0 Å². The number of aromatic hydroxyl groups is 1. The highest BCUT2D eigenvalue weighted by molar-refractivity contribution is 5.93. The van der Waals surface area contributed by atoms with Gasteiger partial charge in [-0.25, -0.2) is 9.59 Å². The number of aromatic carboxylic acids is 2. The van der Waals surface area contributed by atoms with E-state index in [4.69, 9.17) is 10.2 Å². The Kier molecular flexibility index (Phi) is 5.52. The molecule has 1 saturated heterocycles. The summed E-state index contributed by atoms with van der Waals surface area (Å²) in [4.78, 5) is 20.8. The summed E-state index contributed by atoms with van der Waals surface area (Å²) < 4.78 is 0. The summed E-state index contributed by atoms with van der Waals surface area (Å²) in [7, 11) is 0. The Labute approximate surface area is 175 Å². The second kappa shape index (κ2) is 8.11. The number of carboxylic acids is 2. The zero-order valence-electron chi connectivity index (χ0n) is 16.8. The fourth-order valence-corrected chi connectivity index (χ4v) is 5.79. The van der Waals surface area contributed by atoms with Gasteiger partial charge in [-0.1, -0.05) is 31.0 Å². The Hall–Kier alpha value is -2.86. The van der Waals surface area contributed by atoms with Crippen molar-refractivity contribution in [2.75, 3.05) is 6.54 Å². The fraction of sp³-hybridized carbons (Fsp3) is 0.417. The van der Waals surface area contributed by atoms with E-state index in [2.05, 4.69) is 11.4 Å². The number of hydrogen-bond donors (Lipinski definition) is 4. The van der Waals surface area contributed by atoms with Crippen LogP contribution in [0.25, 0.3) is 0 Å². The molecule has 0 amide bonds. The molecule has 0 unspecified atom stereocenters. The van der Waals surface area contributed by atoms with Gasteiger partial charge in [-0.3, -0.25) is 0 Å². The van der Waals surface area contributed by atoms with Crippen molar-refractivity contribution >= 4 is 11.9 Å². The van der Waals surface area contributed by atoms with Crippen LogP contribution < -0.4 is 5.32 Å². The molecule has 30 heavy (non-hydrogen) atoms. The second-order valence-corrected chi connectivity index (χ2v) is 8.53. The molecule has 2 aromatic carbocycles. The highest BCUT2D eigenvalue weighted by Gasteiger charge is 2.52. The van der Waals surface area contributed by atoms with Gasteiger partial charge in [-0.05, 0) is 68.0 Å². The molecule has 4 N–H and O–H groups in total. The van der Waals surface area contributed by atoms with Gasteiger partial charge in [0.15, 0.2) is 0 Å². The monoisotopic (exact) mass is 409 g/mol. The van der Waals surface area contributed by atoms with Crippen molar-refractivity contribution in [1.82, 2.24) is 5.32 Å². The predicted octanol–water partition coefficient (Wildman–Crippen LogP) is 3.82. The van der Waals surface area contributed by atoms with Crippen LogP contribution in [-0.2, 0) is 11.8 Å². The van der Waals surface area contributed by atoms with Gasteiger partial charge in [0, 0.05) is 17.0 Å². The van der Waals surface area contributed by atoms with Crippen molar-refractivity contribution in [3.8, 4) is 5.75 Å². The summed E-state index contributed by atoms with van der Waals surface area (Å²) in [5.41, 5.74) is 2.95. The number of carboxylic acid groups (broad SMARTS) is 2. The molecule has 6 heteroatoms. The van der Waals surface area contributed by atoms with E-state index >= 15 is 0 Å². The number of benzene rings is 2. The minimum Gasteiger partial charge on any atom is -0.508 e. The average Bonchev–Trinajstić information content (AvgIpc) is 2.74. The maximum absolute atomic E-state index is 10.4. The predicted molar refractivity (Wildman–Crippen MR) is 112 cm³/mol. The summed E-state index contributed by atoms with van der Waals surface area (Å²) in [5, 5.41) is 31.1. The molecule has 0 spiro atoms. The van der Waals surface area contributed by atoms with Crippen LogP contribution in [0.3, 0.4) is 0 Å². The van der Waals surface area contributed by atoms with E-state index in [9.17, 15) is 14.7 Å². The molecule has 0 aromatic heterocycles.